The van der Waals surface area contributed by atoms with Gasteiger partial charge in [-0.25, -0.2) is 4.98 Å². The van der Waals surface area contributed by atoms with E-state index in [0.717, 1.165) is 18.0 Å². The zero-order valence-corrected chi connectivity index (χ0v) is 17.1. The number of carbonyl (C=O) groups excluding carboxylic acids is 1. The first-order valence-electron chi connectivity index (χ1n) is 10.6. The van der Waals surface area contributed by atoms with Gasteiger partial charge in [0.2, 0.25) is 0 Å². The first-order chi connectivity index (χ1) is 14.1. The van der Waals surface area contributed by atoms with E-state index < -0.39 is 0 Å². The SMILES string of the molecule is Cc1cc(C)cc(-c2ccc(-n3cncc3C(=O)NC3CC4CCC3C4)cc2)c1. The molecule has 2 bridgehead atoms. The van der Waals surface area contributed by atoms with Crippen LogP contribution in [-0.4, -0.2) is 21.5 Å². The molecule has 4 nitrogen and oxygen atoms in total. The molecule has 1 amide bonds. The van der Waals surface area contributed by atoms with Crippen LogP contribution in [0.2, 0.25) is 0 Å². The fraction of sp³-hybridized carbons (Fsp3) is 0.360. The molecule has 0 spiro atoms. The smallest absolute Gasteiger partial charge is 0.270 e. The van der Waals surface area contributed by atoms with Crippen LogP contribution in [0.3, 0.4) is 0 Å². The van der Waals surface area contributed by atoms with Crippen molar-refractivity contribution in [2.24, 2.45) is 11.8 Å². The fourth-order valence-corrected chi connectivity index (χ4v) is 5.29. The summed E-state index contributed by atoms with van der Waals surface area (Å²) in [6.07, 6.45) is 8.40. The molecule has 2 aromatic carbocycles. The molecule has 29 heavy (non-hydrogen) atoms. The molecule has 4 heteroatoms. The van der Waals surface area contributed by atoms with Crippen molar-refractivity contribution in [2.75, 3.05) is 0 Å². The second-order valence-corrected chi connectivity index (χ2v) is 8.83. The van der Waals surface area contributed by atoms with Gasteiger partial charge >= 0.3 is 0 Å². The molecule has 1 heterocycles. The van der Waals surface area contributed by atoms with Crippen LogP contribution in [0.15, 0.2) is 55.0 Å². The Kier molecular flexibility index (Phi) is 4.50. The minimum absolute atomic E-state index is 0.0153. The lowest BCUT2D eigenvalue weighted by atomic mass is 9.95. The van der Waals surface area contributed by atoms with Gasteiger partial charge in [-0.3, -0.25) is 9.36 Å². The molecule has 5 rings (SSSR count). The van der Waals surface area contributed by atoms with Gasteiger partial charge < -0.3 is 5.32 Å². The van der Waals surface area contributed by atoms with E-state index in [2.05, 4.69) is 66.6 Å². The number of nitrogens with one attached hydrogen (secondary N) is 1. The van der Waals surface area contributed by atoms with Crippen LogP contribution in [0.5, 0.6) is 0 Å². The molecule has 1 N–H and O–H groups in total. The Morgan fingerprint density at radius 1 is 1.00 bits per heavy atom. The Bertz CT molecular complexity index is 1030. The van der Waals surface area contributed by atoms with Crippen molar-refractivity contribution in [3.63, 3.8) is 0 Å². The number of hydrogen-bond acceptors (Lipinski definition) is 2. The highest BCUT2D eigenvalue weighted by atomic mass is 16.2. The summed E-state index contributed by atoms with van der Waals surface area (Å²) in [5, 5.41) is 3.27. The summed E-state index contributed by atoms with van der Waals surface area (Å²) in [6.45, 7) is 4.24. The zero-order valence-electron chi connectivity index (χ0n) is 17.1. The summed E-state index contributed by atoms with van der Waals surface area (Å²) in [5.74, 6) is 1.46. The van der Waals surface area contributed by atoms with Crippen LogP contribution in [0.4, 0.5) is 0 Å². The number of carbonyl (C=O) groups is 1. The quantitative estimate of drug-likeness (QED) is 0.681. The van der Waals surface area contributed by atoms with Gasteiger partial charge in [0.05, 0.1) is 12.5 Å². The summed E-state index contributed by atoms with van der Waals surface area (Å²) >= 11 is 0. The minimum Gasteiger partial charge on any atom is -0.348 e. The molecular weight excluding hydrogens is 358 g/mol. The molecule has 2 aliphatic carbocycles. The van der Waals surface area contributed by atoms with E-state index in [0.29, 0.717) is 17.7 Å². The largest absolute Gasteiger partial charge is 0.348 e. The van der Waals surface area contributed by atoms with Crippen molar-refractivity contribution in [3.8, 4) is 16.8 Å². The van der Waals surface area contributed by atoms with Crippen molar-refractivity contribution >= 4 is 5.91 Å². The average molecular weight is 386 g/mol. The van der Waals surface area contributed by atoms with E-state index in [9.17, 15) is 4.79 Å². The first-order valence-corrected chi connectivity index (χ1v) is 10.6. The van der Waals surface area contributed by atoms with Crippen molar-refractivity contribution in [1.82, 2.24) is 14.9 Å². The zero-order chi connectivity index (χ0) is 20.0. The van der Waals surface area contributed by atoms with Crippen molar-refractivity contribution in [3.05, 3.63) is 71.8 Å². The molecule has 1 aromatic heterocycles. The Hall–Kier alpha value is -2.88. The number of imidazole rings is 1. The molecule has 3 unspecified atom stereocenters. The predicted molar refractivity (Wildman–Crippen MR) is 115 cm³/mol. The van der Waals surface area contributed by atoms with E-state index in [1.165, 1.54) is 41.5 Å². The fourth-order valence-electron chi connectivity index (χ4n) is 5.29. The predicted octanol–water partition coefficient (Wildman–Crippen LogP) is 5.07. The van der Waals surface area contributed by atoms with E-state index >= 15 is 0 Å². The van der Waals surface area contributed by atoms with Gasteiger partial charge in [-0.15, -0.1) is 0 Å². The normalized spacial score (nSPS) is 22.8. The highest BCUT2D eigenvalue weighted by Gasteiger charge is 2.40. The Labute approximate surface area is 172 Å². The maximum atomic E-state index is 12.9. The summed E-state index contributed by atoms with van der Waals surface area (Å²) in [4.78, 5) is 17.2. The molecule has 3 atom stereocenters. The second kappa shape index (κ2) is 7.18. The number of nitrogens with zero attached hydrogens (tertiary/aromatic N) is 2. The average Bonchev–Trinajstić information content (AvgIpc) is 3.44. The highest BCUT2D eigenvalue weighted by molar-refractivity contribution is 5.93. The number of aromatic nitrogens is 2. The number of benzene rings is 2. The maximum absolute atomic E-state index is 12.9. The number of fused-ring (bicyclic) bond motifs is 2. The first kappa shape index (κ1) is 18.2. The molecule has 2 aliphatic rings. The Balaban J connectivity index is 1.36. The molecule has 148 valence electrons. The third kappa shape index (κ3) is 3.48. The van der Waals surface area contributed by atoms with Gasteiger partial charge in [-0.05, 0) is 68.2 Å². The second-order valence-electron chi connectivity index (χ2n) is 8.83. The van der Waals surface area contributed by atoms with Crippen molar-refractivity contribution in [1.29, 1.82) is 0 Å². The van der Waals surface area contributed by atoms with Crippen LogP contribution in [0, 0.1) is 25.7 Å². The van der Waals surface area contributed by atoms with Gasteiger partial charge in [0.15, 0.2) is 0 Å². The van der Waals surface area contributed by atoms with Crippen LogP contribution in [-0.2, 0) is 0 Å². The molecule has 0 aliphatic heterocycles. The number of rotatable bonds is 4. The van der Waals surface area contributed by atoms with E-state index in [4.69, 9.17) is 0 Å². The van der Waals surface area contributed by atoms with E-state index in [1.807, 2.05) is 4.57 Å². The summed E-state index contributed by atoms with van der Waals surface area (Å²) < 4.78 is 1.88. The Morgan fingerprint density at radius 2 is 1.76 bits per heavy atom. The summed E-state index contributed by atoms with van der Waals surface area (Å²) in [5.41, 5.74) is 6.47. The number of hydrogen-bond donors (Lipinski definition) is 1. The number of amides is 1. The van der Waals surface area contributed by atoms with Gasteiger partial charge in [0, 0.05) is 11.7 Å². The Morgan fingerprint density at radius 3 is 2.41 bits per heavy atom. The van der Waals surface area contributed by atoms with E-state index in [1.54, 1.807) is 12.5 Å². The van der Waals surface area contributed by atoms with Crippen molar-refractivity contribution < 1.29 is 4.79 Å². The topological polar surface area (TPSA) is 46.9 Å². The van der Waals surface area contributed by atoms with Crippen LogP contribution >= 0.6 is 0 Å². The highest BCUT2D eigenvalue weighted by Crippen LogP contribution is 2.44. The van der Waals surface area contributed by atoms with Gasteiger partial charge in [0.25, 0.3) is 5.91 Å². The van der Waals surface area contributed by atoms with Crippen LogP contribution in [0.25, 0.3) is 16.8 Å². The van der Waals surface area contributed by atoms with Crippen LogP contribution in [0.1, 0.15) is 47.3 Å². The van der Waals surface area contributed by atoms with Crippen molar-refractivity contribution in [2.45, 2.75) is 45.6 Å². The van der Waals surface area contributed by atoms with Gasteiger partial charge in [0.1, 0.15) is 5.69 Å². The minimum atomic E-state index is -0.0153. The summed E-state index contributed by atoms with van der Waals surface area (Å²) in [6, 6.07) is 15.3. The lowest BCUT2D eigenvalue weighted by Gasteiger charge is -2.23. The third-order valence-corrected chi connectivity index (χ3v) is 6.63. The third-order valence-electron chi connectivity index (χ3n) is 6.63. The molecule has 2 fully saturated rings. The number of aryl methyl sites for hydroxylation is 2. The van der Waals surface area contributed by atoms with Crippen LogP contribution < -0.4 is 5.32 Å². The monoisotopic (exact) mass is 385 g/mol. The maximum Gasteiger partial charge on any atom is 0.270 e. The lowest BCUT2D eigenvalue weighted by molar-refractivity contribution is 0.0916. The molecule has 0 radical (unpaired) electrons. The molecule has 0 saturated heterocycles. The lowest BCUT2D eigenvalue weighted by Crippen LogP contribution is -2.39. The summed E-state index contributed by atoms with van der Waals surface area (Å²) in [7, 11) is 0. The van der Waals surface area contributed by atoms with Gasteiger partial charge in [-0.1, -0.05) is 47.9 Å². The molecular formula is C25H27N3O. The molecule has 3 aromatic rings. The standard InChI is InChI=1S/C25H27N3O/c1-16-9-17(2)11-21(10-16)19-5-7-22(8-6-19)28-15-26-14-24(28)25(29)27-23-13-18-3-4-20(23)12-18/h5-11,14-15,18,20,23H,3-4,12-13H2,1-2H3,(H,27,29). The van der Waals surface area contributed by atoms with Gasteiger partial charge in [-0.2, -0.15) is 0 Å². The van der Waals surface area contributed by atoms with E-state index in [-0.39, 0.29) is 5.91 Å². The molecule has 2 saturated carbocycles.